The summed E-state index contributed by atoms with van der Waals surface area (Å²) in [6.45, 7) is 11.1. The van der Waals surface area contributed by atoms with Gasteiger partial charge in [-0.05, 0) is 19.8 Å². The maximum Gasteiger partial charge on any atom is 0.0809 e. The summed E-state index contributed by atoms with van der Waals surface area (Å²) in [4.78, 5) is 0. The van der Waals surface area contributed by atoms with Gasteiger partial charge in [0.1, 0.15) is 0 Å². The zero-order valence-electron chi connectivity index (χ0n) is 28.8. The maximum atomic E-state index is 5.86. The van der Waals surface area contributed by atoms with Crippen LogP contribution in [0.3, 0.4) is 0 Å². The summed E-state index contributed by atoms with van der Waals surface area (Å²) in [5, 5.41) is 0. The van der Waals surface area contributed by atoms with Crippen LogP contribution < -0.4 is 0 Å². The van der Waals surface area contributed by atoms with Crippen LogP contribution >= 0.6 is 0 Å². The Morgan fingerprint density at radius 1 is 0.341 bits per heavy atom. The molecule has 0 fully saturated rings. The van der Waals surface area contributed by atoms with Crippen molar-refractivity contribution in [3.63, 3.8) is 0 Å². The van der Waals surface area contributed by atoms with E-state index in [1.807, 2.05) is 0 Å². The van der Waals surface area contributed by atoms with Crippen LogP contribution in [0.4, 0.5) is 0 Å². The molecule has 0 aromatic rings. The first-order chi connectivity index (χ1) is 20.3. The number of unbranched alkanes of at least 4 members (excludes halogenated alkanes) is 30. The van der Waals surface area contributed by atoms with Crippen LogP contribution in [-0.2, 0) is 9.47 Å². The summed E-state index contributed by atoms with van der Waals surface area (Å²) in [5.74, 6) is 0. The van der Waals surface area contributed by atoms with Crippen molar-refractivity contribution >= 4 is 0 Å². The van der Waals surface area contributed by atoms with Crippen molar-refractivity contribution in [3.8, 4) is 0 Å². The highest BCUT2D eigenvalue weighted by atomic mass is 16.5. The normalized spacial score (nSPS) is 12.4. The largest absolute Gasteiger partial charge is 0.379 e. The molecular formula is C39H79O2. The molecule has 1 atom stereocenters. The van der Waals surface area contributed by atoms with Crippen LogP contribution in [0.2, 0.25) is 0 Å². The molecule has 1 unspecified atom stereocenters. The van der Waals surface area contributed by atoms with Gasteiger partial charge in [0.15, 0.2) is 0 Å². The van der Waals surface area contributed by atoms with E-state index >= 15 is 0 Å². The van der Waals surface area contributed by atoms with Gasteiger partial charge in [0.25, 0.3) is 0 Å². The van der Waals surface area contributed by atoms with Crippen LogP contribution in [-0.4, -0.2) is 25.9 Å². The highest BCUT2D eigenvalue weighted by Gasteiger charge is 2.03. The SMILES string of the molecule is [CH2]C(COCCCCCCCCCCCCCCCCCC)OCCCCCCCCCCCCCCCCCC. The van der Waals surface area contributed by atoms with Crippen molar-refractivity contribution in [2.24, 2.45) is 0 Å². The Bertz CT molecular complexity index is 437. The van der Waals surface area contributed by atoms with Gasteiger partial charge in [-0.2, -0.15) is 0 Å². The molecule has 0 bridgehead atoms. The van der Waals surface area contributed by atoms with Crippen LogP contribution in [0.1, 0.15) is 219 Å². The summed E-state index contributed by atoms with van der Waals surface area (Å²) >= 11 is 0. The van der Waals surface area contributed by atoms with E-state index < -0.39 is 0 Å². The quantitative estimate of drug-likeness (QED) is 0.0681. The molecule has 0 aromatic heterocycles. The molecule has 0 N–H and O–H groups in total. The first-order valence-electron chi connectivity index (χ1n) is 19.3. The average Bonchev–Trinajstić information content (AvgIpc) is 2.98. The molecule has 0 rings (SSSR count). The smallest absolute Gasteiger partial charge is 0.0809 e. The van der Waals surface area contributed by atoms with Gasteiger partial charge in [0.05, 0.1) is 12.7 Å². The molecule has 0 aliphatic carbocycles. The molecule has 247 valence electrons. The standard InChI is InChI=1S/C39H79O2/c1-4-6-8-10-12-14-16-18-20-22-24-26-28-30-32-34-36-40-38-39(3)41-37-35-33-31-29-27-25-23-21-19-17-15-13-11-9-7-5-2/h39H,3-38H2,1-2H3. The lowest BCUT2D eigenvalue weighted by Gasteiger charge is -2.13. The molecule has 0 aliphatic rings. The first kappa shape index (κ1) is 40.9. The van der Waals surface area contributed by atoms with Gasteiger partial charge >= 0.3 is 0 Å². The van der Waals surface area contributed by atoms with Crippen LogP contribution in [0.25, 0.3) is 0 Å². The third-order valence-electron chi connectivity index (χ3n) is 8.80. The fourth-order valence-corrected chi connectivity index (χ4v) is 5.92. The zero-order valence-corrected chi connectivity index (χ0v) is 28.8. The predicted molar refractivity (Wildman–Crippen MR) is 185 cm³/mol. The molecule has 2 heteroatoms. The minimum Gasteiger partial charge on any atom is -0.379 e. The van der Waals surface area contributed by atoms with Crippen molar-refractivity contribution in [1.29, 1.82) is 0 Å². The van der Waals surface area contributed by atoms with E-state index in [2.05, 4.69) is 20.8 Å². The van der Waals surface area contributed by atoms with Gasteiger partial charge in [-0.15, -0.1) is 0 Å². The minimum absolute atomic E-state index is 0.00704. The van der Waals surface area contributed by atoms with E-state index in [0.717, 1.165) is 13.2 Å². The van der Waals surface area contributed by atoms with E-state index in [1.165, 1.54) is 205 Å². The van der Waals surface area contributed by atoms with E-state index in [0.29, 0.717) is 6.61 Å². The summed E-state index contributed by atoms with van der Waals surface area (Å²) in [6, 6.07) is 0. The summed E-state index contributed by atoms with van der Waals surface area (Å²) in [7, 11) is 0. The third-order valence-corrected chi connectivity index (χ3v) is 8.80. The van der Waals surface area contributed by atoms with Gasteiger partial charge in [-0.1, -0.05) is 206 Å². The molecule has 2 nitrogen and oxygen atoms in total. The Labute approximate surface area is 261 Å². The maximum absolute atomic E-state index is 5.86. The highest BCUT2D eigenvalue weighted by molar-refractivity contribution is 4.59. The van der Waals surface area contributed by atoms with Crippen LogP contribution in [0, 0.1) is 6.92 Å². The fourth-order valence-electron chi connectivity index (χ4n) is 5.92. The van der Waals surface area contributed by atoms with Gasteiger partial charge in [-0.3, -0.25) is 0 Å². The van der Waals surface area contributed by atoms with Gasteiger partial charge in [0.2, 0.25) is 0 Å². The molecule has 0 spiro atoms. The number of rotatable bonds is 37. The molecule has 1 radical (unpaired) electrons. The van der Waals surface area contributed by atoms with Gasteiger partial charge in [-0.25, -0.2) is 0 Å². The van der Waals surface area contributed by atoms with Crippen molar-refractivity contribution in [1.82, 2.24) is 0 Å². The lowest BCUT2D eigenvalue weighted by molar-refractivity contribution is 0.00440. The molecule has 0 saturated heterocycles. The Balaban J connectivity index is 3.13. The van der Waals surface area contributed by atoms with Crippen LogP contribution in [0.15, 0.2) is 0 Å². The molecule has 0 saturated carbocycles. The van der Waals surface area contributed by atoms with E-state index in [9.17, 15) is 0 Å². The zero-order chi connectivity index (χ0) is 29.7. The molecule has 0 amide bonds. The highest BCUT2D eigenvalue weighted by Crippen LogP contribution is 2.15. The molecule has 0 heterocycles. The fraction of sp³-hybridized carbons (Fsp3) is 0.974. The lowest BCUT2D eigenvalue weighted by atomic mass is 10.0. The summed E-state index contributed by atoms with van der Waals surface area (Å²) in [5.41, 5.74) is 0. The molecule has 0 aliphatic heterocycles. The Hall–Kier alpha value is -0.0800. The van der Waals surface area contributed by atoms with Crippen molar-refractivity contribution in [3.05, 3.63) is 6.92 Å². The van der Waals surface area contributed by atoms with Crippen molar-refractivity contribution < 1.29 is 9.47 Å². The van der Waals surface area contributed by atoms with Gasteiger partial charge in [0, 0.05) is 13.2 Å². The number of hydrogen-bond acceptors (Lipinski definition) is 2. The van der Waals surface area contributed by atoms with E-state index in [-0.39, 0.29) is 6.10 Å². The Morgan fingerprint density at radius 3 is 0.878 bits per heavy atom. The van der Waals surface area contributed by atoms with Crippen molar-refractivity contribution in [2.45, 2.75) is 225 Å². The van der Waals surface area contributed by atoms with E-state index in [1.54, 1.807) is 0 Å². The number of ether oxygens (including phenoxy) is 2. The van der Waals surface area contributed by atoms with Crippen molar-refractivity contribution in [2.75, 3.05) is 19.8 Å². The molecule has 0 aromatic carbocycles. The average molecular weight is 580 g/mol. The third kappa shape index (κ3) is 37.9. The Kier molecular flexibility index (Phi) is 37.9. The Morgan fingerprint density at radius 2 is 0.585 bits per heavy atom. The monoisotopic (exact) mass is 580 g/mol. The number of hydrogen-bond donors (Lipinski definition) is 0. The first-order valence-corrected chi connectivity index (χ1v) is 19.3. The predicted octanol–water partition coefficient (Wildman–Crippen LogP) is 13.7. The molecular weight excluding hydrogens is 500 g/mol. The van der Waals surface area contributed by atoms with Gasteiger partial charge < -0.3 is 9.47 Å². The van der Waals surface area contributed by atoms with Crippen LogP contribution in [0.5, 0.6) is 0 Å². The topological polar surface area (TPSA) is 18.5 Å². The lowest BCUT2D eigenvalue weighted by Crippen LogP contribution is -2.17. The second-order valence-corrected chi connectivity index (χ2v) is 13.2. The second kappa shape index (κ2) is 37.9. The minimum atomic E-state index is -0.00704. The molecule has 41 heavy (non-hydrogen) atoms. The summed E-state index contributed by atoms with van der Waals surface area (Å²) in [6.07, 6.45) is 45.1. The summed E-state index contributed by atoms with van der Waals surface area (Å²) < 4.78 is 11.7. The van der Waals surface area contributed by atoms with E-state index in [4.69, 9.17) is 9.47 Å². The second-order valence-electron chi connectivity index (χ2n) is 13.2.